The van der Waals surface area contributed by atoms with Gasteiger partial charge in [-0.3, -0.25) is 9.59 Å². The molecule has 1 amide bonds. The van der Waals surface area contributed by atoms with E-state index in [1.165, 1.54) is 6.07 Å². The molecule has 2 aromatic rings. The van der Waals surface area contributed by atoms with Gasteiger partial charge in [0.05, 0.1) is 18.3 Å². The summed E-state index contributed by atoms with van der Waals surface area (Å²) in [6, 6.07) is 9.72. The number of carbonyl (C=O) groups is 1. The second-order valence-corrected chi connectivity index (χ2v) is 6.87. The molecule has 1 unspecified atom stereocenters. The number of nitrogens with zero attached hydrogens (tertiary/aromatic N) is 2. The van der Waals surface area contributed by atoms with E-state index in [-0.39, 0.29) is 30.7 Å². The summed E-state index contributed by atoms with van der Waals surface area (Å²) in [5.74, 6) is 0.471. The second-order valence-electron chi connectivity index (χ2n) is 5.45. The summed E-state index contributed by atoms with van der Waals surface area (Å²) in [6.07, 6.45) is 2.62. The quantitative estimate of drug-likeness (QED) is 0.728. The molecule has 1 aromatic carbocycles. The van der Waals surface area contributed by atoms with Crippen LogP contribution in [0.1, 0.15) is 6.42 Å². The van der Waals surface area contributed by atoms with E-state index < -0.39 is 0 Å². The predicted molar refractivity (Wildman–Crippen MR) is 101 cm³/mol. The van der Waals surface area contributed by atoms with E-state index in [4.69, 9.17) is 11.6 Å². The zero-order chi connectivity index (χ0) is 18.2. The maximum atomic E-state index is 12.1. The molecule has 0 aliphatic heterocycles. The number of carbonyl (C=O) groups excluding carboxylic acids is 1. The van der Waals surface area contributed by atoms with Crippen molar-refractivity contribution in [1.82, 2.24) is 15.1 Å². The fourth-order valence-electron chi connectivity index (χ4n) is 2.22. The lowest BCUT2D eigenvalue weighted by Gasteiger charge is -2.16. The lowest BCUT2D eigenvalue weighted by atomic mass is 10.1. The van der Waals surface area contributed by atoms with Gasteiger partial charge >= 0.3 is 0 Å². The number of hydrogen-bond donors (Lipinski definition) is 2. The molecule has 2 N–H and O–H groups in total. The summed E-state index contributed by atoms with van der Waals surface area (Å²) in [6.45, 7) is -0.338. The van der Waals surface area contributed by atoms with Gasteiger partial charge in [0.2, 0.25) is 5.91 Å². The largest absolute Gasteiger partial charge is 0.394 e. The number of aliphatic hydroxyl groups is 1. The van der Waals surface area contributed by atoms with Crippen molar-refractivity contribution in [3.05, 3.63) is 51.8 Å². The minimum absolute atomic E-state index is 0.139. The van der Waals surface area contributed by atoms with Crippen molar-refractivity contribution in [3.63, 3.8) is 0 Å². The maximum absolute atomic E-state index is 12.1. The molecule has 0 saturated heterocycles. The summed E-state index contributed by atoms with van der Waals surface area (Å²) in [7, 11) is 0. The molecule has 0 radical (unpaired) electrons. The molecule has 0 bridgehead atoms. The molecule has 0 fully saturated rings. The smallest absolute Gasteiger partial charge is 0.267 e. The van der Waals surface area contributed by atoms with Crippen LogP contribution < -0.4 is 10.9 Å². The second kappa shape index (κ2) is 9.60. The number of amides is 1. The van der Waals surface area contributed by atoms with Gasteiger partial charge in [-0.2, -0.15) is 16.9 Å². The van der Waals surface area contributed by atoms with Crippen molar-refractivity contribution in [2.75, 3.05) is 18.6 Å². The van der Waals surface area contributed by atoms with Crippen LogP contribution in [-0.2, 0) is 11.3 Å². The van der Waals surface area contributed by atoms with Crippen LogP contribution >= 0.6 is 23.4 Å². The molecule has 6 nitrogen and oxygen atoms in total. The van der Waals surface area contributed by atoms with Crippen LogP contribution in [0.4, 0.5) is 0 Å². The lowest BCUT2D eigenvalue weighted by Crippen LogP contribution is -2.41. The highest BCUT2D eigenvalue weighted by Gasteiger charge is 2.13. The van der Waals surface area contributed by atoms with Crippen LogP contribution in [0.15, 0.2) is 41.2 Å². The van der Waals surface area contributed by atoms with E-state index in [1.54, 1.807) is 42.1 Å². The summed E-state index contributed by atoms with van der Waals surface area (Å²) in [5.41, 5.74) is 1.01. The van der Waals surface area contributed by atoms with E-state index in [0.29, 0.717) is 17.1 Å². The van der Waals surface area contributed by atoms with Gasteiger partial charge in [0.25, 0.3) is 5.56 Å². The lowest BCUT2D eigenvalue weighted by molar-refractivity contribution is -0.122. The van der Waals surface area contributed by atoms with Crippen molar-refractivity contribution in [2.45, 2.75) is 19.0 Å². The first kappa shape index (κ1) is 19.5. The molecule has 0 spiro atoms. The highest BCUT2D eigenvalue weighted by atomic mass is 35.5. The molecule has 134 valence electrons. The third-order valence-electron chi connectivity index (χ3n) is 3.56. The first-order valence-corrected chi connectivity index (χ1v) is 9.54. The van der Waals surface area contributed by atoms with Crippen LogP contribution in [0, 0.1) is 0 Å². The molecule has 0 aliphatic rings. The first-order valence-electron chi connectivity index (χ1n) is 7.76. The Balaban J connectivity index is 2.11. The van der Waals surface area contributed by atoms with Gasteiger partial charge < -0.3 is 10.4 Å². The number of rotatable bonds is 8. The highest BCUT2D eigenvalue weighted by Crippen LogP contribution is 2.18. The van der Waals surface area contributed by atoms with E-state index >= 15 is 0 Å². The molecule has 1 heterocycles. The molecule has 0 aliphatic carbocycles. The van der Waals surface area contributed by atoms with Crippen LogP contribution in [0.5, 0.6) is 0 Å². The van der Waals surface area contributed by atoms with E-state index in [0.717, 1.165) is 16.0 Å². The van der Waals surface area contributed by atoms with Crippen LogP contribution in [-0.4, -0.2) is 45.5 Å². The summed E-state index contributed by atoms with van der Waals surface area (Å²) < 4.78 is 1.11. The van der Waals surface area contributed by atoms with Gasteiger partial charge in [0.1, 0.15) is 6.54 Å². The number of benzene rings is 1. The van der Waals surface area contributed by atoms with Crippen LogP contribution in [0.3, 0.4) is 0 Å². The predicted octanol–water partition coefficient (Wildman–Crippen LogP) is 1.79. The number of hydrogen-bond acceptors (Lipinski definition) is 5. The molecular weight excluding hydrogens is 362 g/mol. The first-order chi connectivity index (χ1) is 12.0. The summed E-state index contributed by atoms with van der Waals surface area (Å²) in [4.78, 5) is 24.1. The van der Waals surface area contributed by atoms with Crippen molar-refractivity contribution in [3.8, 4) is 11.3 Å². The molecule has 25 heavy (non-hydrogen) atoms. The topological polar surface area (TPSA) is 84.2 Å². The Labute approximate surface area is 155 Å². The maximum Gasteiger partial charge on any atom is 0.267 e. The fraction of sp³-hybridized carbons (Fsp3) is 0.353. The number of halogens is 1. The Morgan fingerprint density at radius 1 is 1.32 bits per heavy atom. The molecule has 1 aromatic heterocycles. The highest BCUT2D eigenvalue weighted by molar-refractivity contribution is 7.98. The molecule has 0 saturated carbocycles. The molecule has 2 rings (SSSR count). The normalized spacial score (nSPS) is 12.0. The number of nitrogens with one attached hydrogen (secondary N) is 1. The summed E-state index contributed by atoms with van der Waals surface area (Å²) in [5, 5.41) is 16.9. The van der Waals surface area contributed by atoms with Crippen LogP contribution in [0.25, 0.3) is 11.3 Å². The van der Waals surface area contributed by atoms with E-state index in [9.17, 15) is 14.7 Å². The van der Waals surface area contributed by atoms with Crippen molar-refractivity contribution < 1.29 is 9.90 Å². The number of aliphatic hydroxyl groups excluding tert-OH is 1. The molecular formula is C17H20ClN3O3S. The third-order valence-corrected chi connectivity index (χ3v) is 4.45. The SMILES string of the molecule is CSCCC(CO)NC(=O)Cn1nc(-c2ccc(Cl)cc2)ccc1=O. The van der Waals surface area contributed by atoms with Gasteiger partial charge in [-0.15, -0.1) is 0 Å². The average molecular weight is 382 g/mol. The minimum Gasteiger partial charge on any atom is -0.394 e. The standard InChI is InChI=1S/C17H20ClN3O3S/c1-25-9-8-14(11-22)19-16(23)10-21-17(24)7-6-15(20-21)12-2-4-13(18)5-3-12/h2-7,14,22H,8-11H2,1H3,(H,19,23). The molecule has 1 atom stereocenters. The van der Waals surface area contributed by atoms with E-state index in [1.807, 2.05) is 6.26 Å². The van der Waals surface area contributed by atoms with Gasteiger partial charge in [-0.25, -0.2) is 4.68 Å². The monoisotopic (exact) mass is 381 g/mol. The average Bonchev–Trinajstić information content (AvgIpc) is 2.61. The fourth-order valence-corrected chi connectivity index (χ4v) is 2.86. The van der Waals surface area contributed by atoms with Crippen molar-refractivity contribution in [1.29, 1.82) is 0 Å². The van der Waals surface area contributed by atoms with Crippen molar-refractivity contribution in [2.24, 2.45) is 0 Å². The Kier molecular flexibility index (Phi) is 7.49. The minimum atomic E-state index is -0.363. The van der Waals surface area contributed by atoms with Gasteiger partial charge in [-0.05, 0) is 36.6 Å². The zero-order valence-corrected chi connectivity index (χ0v) is 15.4. The van der Waals surface area contributed by atoms with Crippen molar-refractivity contribution >= 4 is 29.3 Å². The Bertz CT molecular complexity index is 764. The Morgan fingerprint density at radius 2 is 2.04 bits per heavy atom. The van der Waals surface area contributed by atoms with Crippen LogP contribution in [0.2, 0.25) is 5.02 Å². The number of thioether (sulfide) groups is 1. The van der Waals surface area contributed by atoms with Gasteiger partial charge in [-0.1, -0.05) is 23.7 Å². The molecule has 8 heteroatoms. The Hall–Kier alpha value is -1.83. The number of aromatic nitrogens is 2. The summed E-state index contributed by atoms with van der Waals surface area (Å²) >= 11 is 7.51. The van der Waals surface area contributed by atoms with E-state index in [2.05, 4.69) is 10.4 Å². The zero-order valence-electron chi connectivity index (χ0n) is 13.8. The Morgan fingerprint density at radius 3 is 2.68 bits per heavy atom. The third kappa shape index (κ3) is 5.88. The van der Waals surface area contributed by atoms with Gasteiger partial charge in [0, 0.05) is 16.7 Å². The van der Waals surface area contributed by atoms with Gasteiger partial charge in [0.15, 0.2) is 0 Å².